The van der Waals surface area contributed by atoms with E-state index in [-0.39, 0.29) is 5.56 Å². The summed E-state index contributed by atoms with van der Waals surface area (Å²) in [5.41, 5.74) is -0.883. The van der Waals surface area contributed by atoms with E-state index in [0.717, 1.165) is 12.1 Å². The molecular formula is C10H7F3O2. The van der Waals surface area contributed by atoms with Crippen molar-refractivity contribution in [3.63, 3.8) is 0 Å². The van der Waals surface area contributed by atoms with E-state index in [1.165, 1.54) is 0 Å². The number of rotatable bonds is 0. The lowest BCUT2D eigenvalue weighted by atomic mass is 10.1. The highest BCUT2D eigenvalue weighted by atomic mass is 19.4. The van der Waals surface area contributed by atoms with Crippen LogP contribution in [-0.2, 0) is 6.18 Å². The van der Waals surface area contributed by atoms with Gasteiger partial charge in [0.25, 0.3) is 0 Å². The van der Waals surface area contributed by atoms with Crippen molar-refractivity contribution in [2.75, 3.05) is 6.61 Å². The van der Waals surface area contributed by atoms with Crippen LogP contribution in [0.3, 0.4) is 0 Å². The minimum absolute atomic E-state index is 0.0528. The minimum atomic E-state index is -4.49. The fourth-order valence-corrected chi connectivity index (χ4v) is 0.948. The van der Waals surface area contributed by atoms with Crippen LogP contribution in [0.25, 0.3) is 0 Å². The van der Waals surface area contributed by atoms with E-state index in [4.69, 9.17) is 5.11 Å². The number of hydrogen-bond acceptors (Lipinski definition) is 2. The van der Waals surface area contributed by atoms with E-state index >= 15 is 0 Å². The summed E-state index contributed by atoms with van der Waals surface area (Å²) in [7, 11) is 0. The molecule has 0 aromatic heterocycles. The van der Waals surface area contributed by atoms with Crippen LogP contribution in [0.15, 0.2) is 18.2 Å². The van der Waals surface area contributed by atoms with Gasteiger partial charge in [0.2, 0.25) is 0 Å². The third-order valence-electron chi connectivity index (χ3n) is 1.63. The first-order chi connectivity index (χ1) is 6.95. The fourth-order valence-electron chi connectivity index (χ4n) is 0.948. The topological polar surface area (TPSA) is 40.5 Å². The number of phenols is 1. The second kappa shape index (κ2) is 4.24. The van der Waals surface area contributed by atoms with Gasteiger partial charge in [-0.1, -0.05) is 11.8 Å². The summed E-state index contributed by atoms with van der Waals surface area (Å²) >= 11 is 0. The molecule has 2 nitrogen and oxygen atoms in total. The van der Waals surface area contributed by atoms with Crippen LogP contribution in [-0.4, -0.2) is 16.8 Å². The number of benzene rings is 1. The van der Waals surface area contributed by atoms with E-state index < -0.39 is 24.1 Å². The standard InChI is InChI=1S/C10H7F3O2/c11-10(12,13)8-4-3-7(2-1-5-14)9(15)6-8/h3-4,6,14-15H,5H2. The van der Waals surface area contributed by atoms with Gasteiger partial charge in [-0.3, -0.25) is 0 Å². The lowest BCUT2D eigenvalue weighted by Crippen LogP contribution is -2.04. The molecule has 1 aromatic carbocycles. The fraction of sp³-hybridized carbons (Fsp3) is 0.200. The second-order valence-electron chi connectivity index (χ2n) is 2.69. The van der Waals surface area contributed by atoms with E-state index in [1.807, 2.05) is 0 Å². The lowest BCUT2D eigenvalue weighted by Gasteiger charge is -2.07. The Balaban J connectivity index is 3.09. The van der Waals surface area contributed by atoms with Crippen molar-refractivity contribution in [2.45, 2.75) is 6.18 Å². The molecule has 1 rings (SSSR count). The van der Waals surface area contributed by atoms with Gasteiger partial charge in [0.05, 0.1) is 11.1 Å². The molecule has 0 aliphatic rings. The zero-order valence-electron chi connectivity index (χ0n) is 7.47. The van der Waals surface area contributed by atoms with Crippen molar-refractivity contribution in [2.24, 2.45) is 0 Å². The Morgan fingerprint density at radius 2 is 1.93 bits per heavy atom. The van der Waals surface area contributed by atoms with Crippen LogP contribution in [0, 0.1) is 11.8 Å². The number of hydrogen-bond donors (Lipinski definition) is 2. The van der Waals surface area contributed by atoms with E-state index in [2.05, 4.69) is 11.8 Å². The molecule has 0 unspecified atom stereocenters. The first-order valence-electron chi connectivity index (χ1n) is 3.95. The first kappa shape index (κ1) is 11.4. The van der Waals surface area contributed by atoms with Crippen LogP contribution in [0.4, 0.5) is 13.2 Å². The van der Waals surface area contributed by atoms with Gasteiger partial charge in [0, 0.05) is 0 Å². The predicted molar refractivity (Wildman–Crippen MR) is 47.1 cm³/mol. The largest absolute Gasteiger partial charge is 0.507 e. The van der Waals surface area contributed by atoms with Crippen LogP contribution in [0.5, 0.6) is 5.75 Å². The zero-order valence-corrected chi connectivity index (χ0v) is 7.47. The number of alkyl halides is 3. The van der Waals surface area contributed by atoms with Crippen LogP contribution in [0.2, 0.25) is 0 Å². The Kier molecular flexibility index (Phi) is 3.22. The zero-order chi connectivity index (χ0) is 11.5. The number of aliphatic hydroxyl groups excluding tert-OH is 1. The highest BCUT2D eigenvalue weighted by Crippen LogP contribution is 2.32. The Morgan fingerprint density at radius 1 is 1.27 bits per heavy atom. The van der Waals surface area contributed by atoms with Crippen LogP contribution < -0.4 is 0 Å². The molecule has 0 radical (unpaired) electrons. The summed E-state index contributed by atoms with van der Waals surface area (Å²) in [6.45, 7) is -0.416. The van der Waals surface area contributed by atoms with Gasteiger partial charge in [0.1, 0.15) is 12.4 Å². The molecule has 1 aromatic rings. The van der Waals surface area contributed by atoms with Crippen molar-refractivity contribution in [1.82, 2.24) is 0 Å². The maximum Gasteiger partial charge on any atom is 0.416 e. The summed E-state index contributed by atoms with van der Waals surface area (Å²) in [4.78, 5) is 0. The molecule has 0 saturated heterocycles. The molecule has 0 atom stereocenters. The Morgan fingerprint density at radius 3 is 2.40 bits per heavy atom. The number of aliphatic hydroxyl groups is 1. The highest BCUT2D eigenvalue weighted by Gasteiger charge is 2.30. The van der Waals surface area contributed by atoms with Gasteiger partial charge in [-0.2, -0.15) is 13.2 Å². The Labute approximate surface area is 84.0 Å². The van der Waals surface area contributed by atoms with Gasteiger partial charge in [-0.05, 0) is 18.2 Å². The SMILES string of the molecule is OCC#Cc1ccc(C(F)(F)F)cc1O. The Hall–Kier alpha value is -1.67. The molecule has 0 fully saturated rings. The number of phenolic OH excluding ortho intramolecular Hbond substituents is 1. The third kappa shape index (κ3) is 2.89. The molecule has 0 aliphatic carbocycles. The molecule has 0 aliphatic heterocycles. The molecule has 0 saturated carbocycles. The molecule has 0 spiro atoms. The summed E-state index contributed by atoms with van der Waals surface area (Å²) in [5, 5.41) is 17.6. The quantitative estimate of drug-likeness (QED) is 0.648. The number of aromatic hydroxyl groups is 1. The monoisotopic (exact) mass is 216 g/mol. The smallest absolute Gasteiger partial charge is 0.416 e. The number of halogens is 3. The Bertz CT molecular complexity index is 413. The summed E-state index contributed by atoms with van der Waals surface area (Å²) in [5.74, 6) is 4.00. The normalized spacial score (nSPS) is 10.7. The first-order valence-corrected chi connectivity index (χ1v) is 3.95. The predicted octanol–water partition coefficient (Wildman–Crippen LogP) is 1.75. The van der Waals surface area contributed by atoms with Gasteiger partial charge in [-0.25, -0.2) is 0 Å². The second-order valence-corrected chi connectivity index (χ2v) is 2.69. The maximum absolute atomic E-state index is 12.2. The van der Waals surface area contributed by atoms with E-state index in [0.29, 0.717) is 6.07 Å². The molecule has 5 heteroatoms. The van der Waals surface area contributed by atoms with Crippen molar-refractivity contribution in [3.8, 4) is 17.6 Å². The molecular weight excluding hydrogens is 209 g/mol. The lowest BCUT2D eigenvalue weighted by molar-refractivity contribution is -0.137. The molecule has 2 N–H and O–H groups in total. The van der Waals surface area contributed by atoms with Crippen molar-refractivity contribution >= 4 is 0 Å². The summed E-state index contributed by atoms with van der Waals surface area (Å²) in [6.07, 6.45) is -4.49. The van der Waals surface area contributed by atoms with Crippen LogP contribution >= 0.6 is 0 Å². The van der Waals surface area contributed by atoms with Crippen LogP contribution in [0.1, 0.15) is 11.1 Å². The van der Waals surface area contributed by atoms with Crippen molar-refractivity contribution in [1.29, 1.82) is 0 Å². The average Bonchev–Trinajstić information content (AvgIpc) is 2.14. The van der Waals surface area contributed by atoms with Gasteiger partial charge in [0.15, 0.2) is 0 Å². The van der Waals surface area contributed by atoms with Crippen molar-refractivity contribution in [3.05, 3.63) is 29.3 Å². The summed E-state index contributed by atoms with van der Waals surface area (Å²) < 4.78 is 36.5. The maximum atomic E-state index is 12.2. The molecule has 0 bridgehead atoms. The van der Waals surface area contributed by atoms with Gasteiger partial charge in [-0.15, -0.1) is 0 Å². The molecule has 80 valence electrons. The molecule has 0 heterocycles. The average molecular weight is 216 g/mol. The molecule has 0 amide bonds. The molecule has 15 heavy (non-hydrogen) atoms. The van der Waals surface area contributed by atoms with E-state index in [9.17, 15) is 18.3 Å². The van der Waals surface area contributed by atoms with E-state index in [1.54, 1.807) is 0 Å². The third-order valence-corrected chi connectivity index (χ3v) is 1.63. The highest BCUT2D eigenvalue weighted by molar-refractivity contribution is 5.47. The van der Waals surface area contributed by atoms with Gasteiger partial charge < -0.3 is 10.2 Å². The van der Waals surface area contributed by atoms with Gasteiger partial charge >= 0.3 is 6.18 Å². The minimum Gasteiger partial charge on any atom is -0.507 e. The van der Waals surface area contributed by atoms with Crippen molar-refractivity contribution < 1.29 is 23.4 Å². The summed E-state index contributed by atoms with van der Waals surface area (Å²) in [6, 6.07) is 2.48.